The maximum atomic E-state index is 4.56. The Balaban J connectivity index is 1.95. The molecule has 0 amide bonds. The molecule has 0 fully saturated rings. The van der Waals surface area contributed by atoms with E-state index >= 15 is 0 Å². The third kappa shape index (κ3) is 2.85. The average Bonchev–Trinajstić information content (AvgIpc) is 2.95. The number of nitrogens with one attached hydrogen (secondary N) is 2. The summed E-state index contributed by atoms with van der Waals surface area (Å²) in [6.45, 7) is 2.11. The highest BCUT2D eigenvalue weighted by molar-refractivity contribution is 9.10. The first-order valence-electron chi connectivity index (χ1n) is 6.71. The molecule has 0 saturated carbocycles. The van der Waals surface area contributed by atoms with Crippen LogP contribution in [0.4, 0.5) is 11.6 Å². The molecule has 1 unspecified atom stereocenters. The number of hydrogen-bond acceptors (Lipinski definition) is 4. The lowest BCUT2D eigenvalue weighted by Gasteiger charge is -2.16. The van der Waals surface area contributed by atoms with Crippen LogP contribution < -0.4 is 10.6 Å². The molecule has 0 radical (unpaired) electrons. The zero-order valence-electron chi connectivity index (χ0n) is 11.8. The van der Waals surface area contributed by atoms with Crippen LogP contribution in [0.5, 0.6) is 0 Å². The van der Waals surface area contributed by atoms with Crippen molar-refractivity contribution in [2.24, 2.45) is 0 Å². The Morgan fingerprint density at radius 1 is 1.33 bits per heavy atom. The van der Waals surface area contributed by atoms with E-state index < -0.39 is 0 Å². The van der Waals surface area contributed by atoms with Crippen LogP contribution in [0.2, 0.25) is 0 Å². The summed E-state index contributed by atoms with van der Waals surface area (Å²) in [4.78, 5) is 8.92. The molecule has 5 nitrogen and oxygen atoms in total. The molecule has 1 aromatic carbocycles. The summed E-state index contributed by atoms with van der Waals surface area (Å²) in [5.41, 5.74) is 2.00. The van der Waals surface area contributed by atoms with Gasteiger partial charge in [0.05, 0.1) is 12.2 Å². The van der Waals surface area contributed by atoms with Crippen molar-refractivity contribution in [2.75, 3.05) is 17.7 Å². The number of hydrogen-bond donors (Lipinski definition) is 2. The Labute approximate surface area is 131 Å². The van der Waals surface area contributed by atoms with Gasteiger partial charge in [-0.25, -0.2) is 9.97 Å². The molecule has 2 N–H and O–H groups in total. The van der Waals surface area contributed by atoms with E-state index in [1.54, 1.807) is 6.20 Å². The van der Waals surface area contributed by atoms with Crippen molar-refractivity contribution in [3.8, 4) is 0 Å². The normalized spacial score (nSPS) is 12.3. The monoisotopic (exact) mass is 345 g/mol. The summed E-state index contributed by atoms with van der Waals surface area (Å²) in [5.74, 6) is 1.56. The molecule has 0 bridgehead atoms. The molecule has 0 aliphatic carbocycles. The number of halogens is 1. The minimum Gasteiger partial charge on any atom is -0.372 e. The Hall–Kier alpha value is -2.08. The minimum atomic E-state index is 0.127. The van der Waals surface area contributed by atoms with Crippen LogP contribution in [0.1, 0.15) is 18.5 Å². The fraction of sp³-hybridized carbons (Fsp3) is 0.200. The van der Waals surface area contributed by atoms with Gasteiger partial charge in [-0.05, 0) is 24.6 Å². The van der Waals surface area contributed by atoms with Gasteiger partial charge < -0.3 is 15.0 Å². The van der Waals surface area contributed by atoms with Gasteiger partial charge in [-0.1, -0.05) is 28.1 Å². The van der Waals surface area contributed by atoms with E-state index in [1.165, 1.54) is 5.56 Å². The SMILES string of the molecule is CNc1cn2ccnc2c(NC(C)c2cccc(Br)c2)n1. The Bertz CT molecular complexity index is 768. The van der Waals surface area contributed by atoms with Gasteiger partial charge >= 0.3 is 0 Å². The average molecular weight is 346 g/mol. The van der Waals surface area contributed by atoms with Gasteiger partial charge in [0.1, 0.15) is 5.82 Å². The molecule has 2 heterocycles. The first-order chi connectivity index (χ1) is 10.2. The molecule has 3 aromatic rings. The predicted octanol–water partition coefficient (Wildman–Crippen LogP) is 3.71. The van der Waals surface area contributed by atoms with Gasteiger partial charge in [0.2, 0.25) is 0 Å². The predicted molar refractivity (Wildman–Crippen MR) is 88.7 cm³/mol. The second-order valence-corrected chi connectivity index (χ2v) is 5.72. The van der Waals surface area contributed by atoms with E-state index in [9.17, 15) is 0 Å². The third-order valence-electron chi connectivity index (χ3n) is 3.33. The van der Waals surface area contributed by atoms with Gasteiger partial charge in [-0.3, -0.25) is 0 Å². The Morgan fingerprint density at radius 3 is 2.95 bits per heavy atom. The van der Waals surface area contributed by atoms with Crippen LogP contribution in [-0.4, -0.2) is 21.4 Å². The summed E-state index contributed by atoms with van der Waals surface area (Å²) < 4.78 is 3.02. The van der Waals surface area contributed by atoms with Crippen molar-refractivity contribution in [3.63, 3.8) is 0 Å². The number of anilines is 2. The van der Waals surface area contributed by atoms with Crippen molar-refractivity contribution in [1.82, 2.24) is 14.4 Å². The van der Waals surface area contributed by atoms with Crippen LogP contribution in [0, 0.1) is 0 Å². The molecule has 1 atom stereocenters. The van der Waals surface area contributed by atoms with Crippen LogP contribution in [0.15, 0.2) is 47.3 Å². The molecule has 0 saturated heterocycles. The van der Waals surface area contributed by atoms with Crippen molar-refractivity contribution in [3.05, 3.63) is 52.9 Å². The number of imidazole rings is 1. The minimum absolute atomic E-state index is 0.127. The highest BCUT2D eigenvalue weighted by Gasteiger charge is 2.11. The van der Waals surface area contributed by atoms with Gasteiger partial charge in [0, 0.05) is 23.9 Å². The third-order valence-corrected chi connectivity index (χ3v) is 3.83. The number of fused-ring (bicyclic) bond motifs is 1. The van der Waals surface area contributed by atoms with E-state index in [0.717, 1.165) is 21.8 Å². The summed E-state index contributed by atoms with van der Waals surface area (Å²) >= 11 is 3.50. The fourth-order valence-electron chi connectivity index (χ4n) is 2.21. The van der Waals surface area contributed by atoms with E-state index in [1.807, 2.05) is 36.0 Å². The Morgan fingerprint density at radius 2 is 2.19 bits per heavy atom. The number of rotatable bonds is 4. The lowest BCUT2D eigenvalue weighted by atomic mass is 10.1. The highest BCUT2D eigenvalue weighted by atomic mass is 79.9. The van der Waals surface area contributed by atoms with Gasteiger partial charge in [-0.15, -0.1) is 0 Å². The van der Waals surface area contributed by atoms with E-state index in [0.29, 0.717) is 0 Å². The molecule has 2 aromatic heterocycles. The molecule has 3 rings (SSSR count). The molecule has 0 aliphatic rings. The number of nitrogens with zero attached hydrogens (tertiary/aromatic N) is 3. The molecule has 108 valence electrons. The zero-order chi connectivity index (χ0) is 14.8. The van der Waals surface area contributed by atoms with Crippen molar-refractivity contribution in [2.45, 2.75) is 13.0 Å². The van der Waals surface area contributed by atoms with Crippen LogP contribution in [-0.2, 0) is 0 Å². The van der Waals surface area contributed by atoms with Crippen LogP contribution >= 0.6 is 15.9 Å². The van der Waals surface area contributed by atoms with Crippen LogP contribution in [0.25, 0.3) is 5.65 Å². The summed E-state index contributed by atoms with van der Waals surface area (Å²) in [6.07, 6.45) is 5.59. The largest absolute Gasteiger partial charge is 0.372 e. The second-order valence-electron chi connectivity index (χ2n) is 4.80. The molecule has 0 spiro atoms. The smallest absolute Gasteiger partial charge is 0.180 e. The van der Waals surface area contributed by atoms with Crippen molar-refractivity contribution in [1.29, 1.82) is 0 Å². The molecular formula is C15H16BrN5. The number of benzene rings is 1. The summed E-state index contributed by atoms with van der Waals surface area (Å²) in [7, 11) is 1.85. The van der Waals surface area contributed by atoms with Gasteiger partial charge in [-0.2, -0.15) is 0 Å². The van der Waals surface area contributed by atoms with E-state index in [2.05, 4.69) is 55.6 Å². The first kappa shape index (κ1) is 13.9. The van der Waals surface area contributed by atoms with Crippen molar-refractivity contribution >= 4 is 33.2 Å². The Kier molecular flexibility index (Phi) is 3.79. The second kappa shape index (κ2) is 5.73. The molecule has 6 heteroatoms. The first-order valence-corrected chi connectivity index (χ1v) is 7.50. The summed E-state index contributed by atoms with van der Waals surface area (Å²) in [5, 5.41) is 6.50. The van der Waals surface area contributed by atoms with E-state index in [-0.39, 0.29) is 6.04 Å². The van der Waals surface area contributed by atoms with Crippen LogP contribution in [0.3, 0.4) is 0 Å². The molecular weight excluding hydrogens is 330 g/mol. The maximum Gasteiger partial charge on any atom is 0.180 e. The quantitative estimate of drug-likeness (QED) is 0.756. The topological polar surface area (TPSA) is 54.2 Å². The highest BCUT2D eigenvalue weighted by Crippen LogP contribution is 2.24. The standard InChI is InChI=1S/C15H16BrN5/c1-10(11-4-3-5-12(16)8-11)19-14-15-18-6-7-21(15)9-13(17-2)20-14/h3-10,17H,1-2H3,(H,19,20). The fourth-order valence-corrected chi connectivity index (χ4v) is 2.63. The maximum absolute atomic E-state index is 4.56. The zero-order valence-corrected chi connectivity index (χ0v) is 13.4. The lowest BCUT2D eigenvalue weighted by Crippen LogP contribution is -2.10. The molecule has 0 aliphatic heterocycles. The summed E-state index contributed by atoms with van der Waals surface area (Å²) in [6, 6.07) is 8.36. The van der Waals surface area contributed by atoms with Crippen molar-refractivity contribution < 1.29 is 0 Å². The molecule has 21 heavy (non-hydrogen) atoms. The van der Waals surface area contributed by atoms with Gasteiger partial charge in [0.15, 0.2) is 11.5 Å². The lowest BCUT2D eigenvalue weighted by molar-refractivity contribution is 0.872. The number of aromatic nitrogens is 3. The van der Waals surface area contributed by atoms with E-state index in [4.69, 9.17) is 0 Å². The van der Waals surface area contributed by atoms with Gasteiger partial charge in [0.25, 0.3) is 0 Å².